The first-order valence-corrected chi connectivity index (χ1v) is 7.76. The fraction of sp³-hybridized carbons (Fsp3) is 0.800. The molecular weight excluding hydrogens is 286 g/mol. The molecule has 0 spiro atoms. The second-order valence-electron chi connectivity index (χ2n) is 6.28. The van der Waals surface area contributed by atoms with Gasteiger partial charge in [0.15, 0.2) is 0 Å². The topological polar surface area (TPSA) is 87.7 Å². The van der Waals surface area contributed by atoms with Gasteiger partial charge in [-0.2, -0.15) is 0 Å². The summed E-state index contributed by atoms with van der Waals surface area (Å²) in [6, 6.07) is -0.605. The number of carbonyl (C=O) groups excluding carboxylic acids is 3. The molecule has 0 aromatic heterocycles. The first-order chi connectivity index (χ1) is 10.3. The number of ether oxygens (including phenoxy) is 1. The normalized spacial score (nSPS) is 19.2. The van der Waals surface area contributed by atoms with E-state index in [1.807, 2.05) is 27.7 Å². The highest BCUT2D eigenvalue weighted by molar-refractivity contribution is 5.88. The lowest BCUT2D eigenvalue weighted by molar-refractivity contribution is -0.150. The summed E-state index contributed by atoms with van der Waals surface area (Å²) in [5.74, 6) is -0.544. The Morgan fingerprint density at radius 3 is 2.64 bits per heavy atom. The fourth-order valence-corrected chi connectivity index (χ4v) is 2.20. The van der Waals surface area contributed by atoms with Crippen molar-refractivity contribution < 1.29 is 19.1 Å². The lowest BCUT2D eigenvalue weighted by Crippen LogP contribution is -2.58. The van der Waals surface area contributed by atoms with Gasteiger partial charge in [0.25, 0.3) is 0 Å². The first-order valence-electron chi connectivity index (χ1n) is 7.76. The summed E-state index contributed by atoms with van der Waals surface area (Å²) in [7, 11) is 0. The Morgan fingerprint density at radius 2 is 2.05 bits per heavy atom. The predicted octanol–water partition coefficient (Wildman–Crippen LogP) is -0.0993. The average molecular weight is 313 g/mol. The maximum absolute atomic E-state index is 12.0. The number of piperazine rings is 1. The molecule has 2 N–H and O–H groups in total. The van der Waals surface area contributed by atoms with E-state index >= 15 is 0 Å². The van der Waals surface area contributed by atoms with Crippen LogP contribution in [-0.2, 0) is 19.1 Å². The Kier molecular flexibility index (Phi) is 7.31. The summed E-state index contributed by atoms with van der Waals surface area (Å²) in [6.45, 7) is 9.11. The molecule has 0 aromatic carbocycles. The van der Waals surface area contributed by atoms with Gasteiger partial charge in [0.05, 0.1) is 19.6 Å². The molecule has 22 heavy (non-hydrogen) atoms. The van der Waals surface area contributed by atoms with Gasteiger partial charge in [-0.1, -0.05) is 13.8 Å². The molecule has 0 aromatic rings. The number of esters is 1. The van der Waals surface area contributed by atoms with Crippen LogP contribution in [0.2, 0.25) is 0 Å². The number of amides is 2. The molecule has 1 rings (SSSR count). The number of hydrogen-bond donors (Lipinski definition) is 2. The van der Waals surface area contributed by atoms with Gasteiger partial charge >= 0.3 is 5.97 Å². The SMILES string of the molecule is CC(C)COC(=O)CC1C(=O)NCCN1CC(=O)NC(C)C. The molecule has 1 aliphatic rings. The Labute approximate surface area is 131 Å². The van der Waals surface area contributed by atoms with Gasteiger partial charge in [0, 0.05) is 19.1 Å². The van der Waals surface area contributed by atoms with Crippen LogP contribution < -0.4 is 10.6 Å². The van der Waals surface area contributed by atoms with E-state index in [1.54, 1.807) is 4.90 Å². The Hall–Kier alpha value is -1.63. The van der Waals surface area contributed by atoms with Crippen molar-refractivity contribution >= 4 is 17.8 Å². The fourth-order valence-electron chi connectivity index (χ4n) is 2.20. The van der Waals surface area contributed by atoms with Crippen molar-refractivity contribution in [2.75, 3.05) is 26.2 Å². The van der Waals surface area contributed by atoms with Gasteiger partial charge in [-0.25, -0.2) is 0 Å². The standard InChI is InChI=1S/C15H27N3O4/c1-10(2)9-22-14(20)7-12-15(21)16-5-6-18(12)8-13(19)17-11(3)4/h10-12H,5-9H2,1-4H3,(H,16,21)(H,17,19). The van der Waals surface area contributed by atoms with Crippen molar-refractivity contribution in [1.82, 2.24) is 15.5 Å². The third-order valence-electron chi connectivity index (χ3n) is 3.18. The summed E-state index contributed by atoms with van der Waals surface area (Å²) in [5, 5.41) is 5.52. The van der Waals surface area contributed by atoms with Crippen LogP contribution in [0.15, 0.2) is 0 Å². The van der Waals surface area contributed by atoms with E-state index in [0.717, 1.165) is 0 Å². The minimum Gasteiger partial charge on any atom is -0.465 e. The van der Waals surface area contributed by atoms with Crippen LogP contribution in [0.25, 0.3) is 0 Å². The molecule has 126 valence electrons. The van der Waals surface area contributed by atoms with Gasteiger partial charge < -0.3 is 15.4 Å². The molecule has 7 nitrogen and oxygen atoms in total. The minimum absolute atomic E-state index is 0.0342. The number of nitrogens with zero attached hydrogens (tertiary/aromatic N) is 1. The quantitative estimate of drug-likeness (QED) is 0.641. The number of rotatable bonds is 7. The molecule has 0 radical (unpaired) electrons. The molecule has 1 unspecified atom stereocenters. The molecule has 0 aliphatic carbocycles. The van der Waals surface area contributed by atoms with Gasteiger partial charge in [-0.05, 0) is 19.8 Å². The van der Waals surface area contributed by atoms with Gasteiger partial charge in [-0.15, -0.1) is 0 Å². The van der Waals surface area contributed by atoms with Crippen molar-refractivity contribution in [2.45, 2.75) is 46.2 Å². The van der Waals surface area contributed by atoms with E-state index in [1.165, 1.54) is 0 Å². The number of carbonyl (C=O) groups is 3. The van der Waals surface area contributed by atoms with Crippen LogP contribution in [-0.4, -0.2) is 61.0 Å². The molecule has 1 saturated heterocycles. The van der Waals surface area contributed by atoms with Crippen molar-refractivity contribution in [3.63, 3.8) is 0 Å². The predicted molar refractivity (Wildman–Crippen MR) is 82.1 cm³/mol. The van der Waals surface area contributed by atoms with Crippen molar-refractivity contribution in [2.24, 2.45) is 5.92 Å². The third-order valence-corrected chi connectivity index (χ3v) is 3.18. The maximum atomic E-state index is 12.0. The van der Waals surface area contributed by atoms with Gasteiger partial charge in [-0.3, -0.25) is 19.3 Å². The van der Waals surface area contributed by atoms with Crippen LogP contribution in [0.5, 0.6) is 0 Å². The molecule has 0 saturated carbocycles. The highest BCUT2D eigenvalue weighted by atomic mass is 16.5. The zero-order valence-electron chi connectivity index (χ0n) is 13.8. The van der Waals surface area contributed by atoms with Crippen LogP contribution in [0.1, 0.15) is 34.1 Å². The van der Waals surface area contributed by atoms with E-state index in [9.17, 15) is 14.4 Å². The van der Waals surface area contributed by atoms with Crippen molar-refractivity contribution in [1.29, 1.82) is 0 Å². The third kappa shape index (κ3) is 6.43. The lowest BCUT2D eigenvalue weighted by Gasteiger charge is -2.34. The lowest BCUT2D eigenvalue weighted by atomic mass is 10.1. The summed E-state index contributed by atoms with van der Waals surface area (Å²) in [5.41, 5.74) is 0. The van der Waals surface area contributed by atoms with Crippen LogP contribution in [0, 0.1) is 5.92 Å². The highest BCUT2D eigenvalue weighted by Gasteiger charge is 2.33. The number of hydrogen-bond acceptors (Lipinski definition) is 5. The Morgan fingerprint density at radius 1 is 1.36 bits per heavy atom. The van der Waals surface area contributed by atoms with E-state index in [4.69, 9.17) is 4.74 Å². The van der Waals surface area contributed by atoms with Crippen LogP contribution in [0.4, 0.5) is 0 Å². The maximum Gasteiger partial charge on any atom is 0.307 e. The molecule has 2 amide bonds. The minimum atomic E-state index is -0.647. The Balaban J connectivity index is 2.59. The zero-order valence-corrected chi connectivity index (χ0v) is 13.8. The van der Waals surface area contributed by atoms with E-state index in [-0.39, 0.29) is 36.7 Å². The van der Waals surface area contributed by atoms with Gasteiger partial charge in [0.1, 0.15) is 6.04 Å². The zero-order chi connectivity index (χ0) is 16.7. The molecule has 0 bridgehead atoms. The van der Waals surface area contributed by atoms with Gasteiger partial charge in [0.2, 0.25) is 11.8 Å². The molecule has 1 fully saturated rings. The summed E-state index contributed by atoms with van der Waals surface area (Å²) in [6.07, 6.45) is -0.0342. The monoisotopic (exact) mass is 313 g/mol. The van der Waals surface area contributed by atoms with E-state index in [0.29, 0.717) is 19.7 Å². The summed E-state index contributed by atoms with van der Waals surface area (Å²) in [4.78, 5) is 37.4. The molecule has 7 heteroatoms. The second-order valence-corrected chi connectivity index (χ2v) is 6.28. The molecular formula is C15H27N3O4. The smallest absolute Gasteiger partial charge is 0.307 e. The van der Waals surface area contributed by atoms with Crippen molar-refractivity contribution in [3.05, 3.63) is 0 Å². The number of nitrogens with one attached hydrogen (secondary N) is 2. The largest absolute Gasteiger partial charge is 0.465 e. The van der Waals surface area contributed by atoms with E-state index in [2.05, 4.69) is 10.6 Å². The van der Waals surface area contributed by atoms with Crippen LogP contribution >= 0.6 is 0 Å². The first kappa shape index (κ1) is 18.4. The summed E-state index contributed by atoms with van der Waals surface area (Å²) < 4.78 is 5.13. The van der Waals surface area contributed by atoms with E-state index < -0.39 is 12.0 Å². The van der Waals surface area contributed by atoms with Crippen LogP contribution in [0.3, 0.4) is 0 Å². The second kappa shape index (κ2) is 8.73. The summed E-state index contributed by atoms with van der Waals surface area (Å²) >= 11 is 0. The average Bonchev–Trinajstić information content (AvgIpc) is 2.39. The Bertz CT molecular complexity index is 410. The molecule has 1 aliphatic heterocycles. The highest BCUT2D eigenvalue weighted by Crippen LogP contribution is 2.10. The van der Waals surface area contributed by atoms with Crippen molar-refractivity contribution in [3.8, 4) is 0 Å². The molecule has 1 atom stereocenters. The molecule has 1 heterocycles.